The Morgan fingerprint density at radius 2 is 1.41 bits per heavy atom. The Balaban J connectivity index is 1.67. The molecule has 0 unspecified atom stereocenters. The first-order chi connectivity index (χ1) is 13.3. The van der Waals surface area contributed by atoms with Crippen molar-refractivity contribution in [3.05, 3.63) is 108 Å². The topological polar surface area (TPSA) is 44.1 Å². The molecular formula is C23H18N2O2. The van der Waals surface area contributed by atoms with E-state index in [9.17, 15) is 4.79 Å². The number of aromatic nitrogens is 2. The van der Waals surface area contributed by atoms with Gasteiger partial charge in [-0.1, -0.05) is 78.9 Å². The van der Waals surface area contributed by atoms with Crippen LogP contribution in [0.4, 0.5) is 0 Å². The van der Waals surface area contributed by atoms with E-state index in [1.54, 1.807) is 10.9 Å². The Labute approximate surface area is 157 Å². The highest BCUT2D eigenvalue weighted by Crippen LogP contribution is 2.24. The highest BCUT2D eigenvalue weighted by atomic mass is 16.5. The molecule has 0 bridgehead atoms. The first-order valence-corrected chi connectivity index (χ1v) is 8.73. The second-order valence-corrected chi connectivity index (χ2v) is 6.10. The van der Waals surface area contributed by atoms with E-state index < -0.39 is 0 Å². The highest BCUT2D eigenvalue weighted by molar-refractivity contribution is 5.96. The maximum Gasteiger partial charge on any atom is 0.342 e. The van der Waals surface area contributed by atoms with E-state index >= 15 is 0 Å². The molecule has 0 atom stereocenters. The fourth-order valence-corrected chi connectivity index (χ4v) is 2.85. The van der Waals surface area contributed by atoms with Gasteiger partial charge in [-0.15, -0.1) is 0 Å². The van der Waals surface area contributed by atoms with E-state index in [2.05, 4.69) is 5.10 Å². The Hall–Kier alpha value is -3.66. The normalized spacial score (nSPS) is 10.5. The molecule has 132 valence electrons. The molecule has 0 aliphatic carbocycles. The number of carbonyl (C=O) groups is 1. The third-order valence-corrected chi connectivity index (χ3v) is 4.21. The largest absolute Gasteiger partial charge is 0.457 e. The number of para-hydroxylation sites is 1. The van der Waals surface area contributed by atoms with E-state index in [-0.39, 0.29) is 12.6 Å². The second kappa shape index (κ2) is 7.70. The highest BCUT2D eigenvalue weighted by Gasteiger charge is 2.20. The molecule has 0 spiro atoms. The van der Waals surface area contributed by atoms with Crippen LogP contribution in [0.25, 0.3) is 16.9 Å². The summed E-state index contributed by atoms with van der Waals surface area (Å²) in [6, 6.07) is 29.0. The molecule has 0 saturated heterocycles. The summed E-state index contributed by atoms with van der Waals surface area (Å²) in [5, 5.41) is 4.64. The summed E-state index contributed by atoms with van der Waals surface area (Å²) in [6.07, 6.45) is 1.73. The van der Waals surface area contributed by atoms with Crippen LogP contribution >= 0.6 is 0 Å². The minimum absolute atomic E-state index is 0.227. The van der Waals surface area contributed by atoms with Gasteiger partial charge in [-0.2, -0.15) is 5.10 Å². The maximum atomic E-state index is 12.8. The van der Waals surface area contributed by atoms with Gasteiger partial charge in [0.05, 0.1) is 5.69 Å². The zero-order valence-electron chi connectivity index (χ0n) is 14.7. The fraction of sp³-hybridized carbons (Fsp3) is 0.0435. The lowest BCUT2D eigenvalue weighted by molar-refractivity contribution is 0.0473. The summed E-state index contributed by atoms with van der Waals surface area (Å²) < 4.78 is 7.24. The molecule has 1 heterocycles. The Morgan fingerprint density at radius 1 is 0.815 bits per heavy atom. The summed E-state index contributed by atoms with van der Waals surface area (Å²) in [5.41, 5.74) is 3.76. The first-order valence-electron chi connectivity index (χ1n) is 8.73. The number of nitrogens with zero attached hydrogens (tertiary/aromatic N) is 2. The van der Waals surface area contributed by atoms with Crippen LogP contribution in [0.3, 0.4) is 0 Å². The molecule has 4 nitrogen and oxygen atoms in total. The van der Waals surface area contributed by atoms with Gasteiger partial charge in [-0.25, -0.2) is 9.48 Å². The minimum atomic E-state index is -0.389. The van der Waals surface area contributed by atoms with Crippen molar-refractivity contribution in [2.45, 2.75) is 6.61 Å². The monoisotopic (exact) mass is 354 g/mol. The Bertz CT molecular complexity index is 1030. The van der Waals surface area contributed by atoms with E-state index in [1.165, 1.54) is 0 Å². The van der Waals surface area contributed by atoms with Crippen molar-refractivity contribution >= 4 is 5.97 Å². The van der Waals surface area contributed by atoms with Crippen LogP contribution in [0.1, 0.15) is 15.9 Å². The molecule has 27 heavy (non-hydrogen) atoms. The number of carbonyl (C=O) groups excluding carboxylic acids is 1. The molecule has 4 rings (SSSR count). The molecule has 0 aliphatic heterocycles. The molecule has 0 saturated carbocycles. The van der Waals surface area contributed by atoms with Crippen LogP contribution in [0.5, 0.6) is 0 Å². The van der Waals surface area contributed by atoms with Crippen molar-refractivity contribution in [3.63, 3.8) is 0 Å². The van der Waals surface area contributed by atoms with Gasteiger partial charge < -0.3 is 4.74 Å². The summed E-state index contributed by atoms with van der Waals surface area (Å²) in [6.45, 7) is 0.227. The molecule has 0 fully saturated rings. The minimum Gasteiger partial charge on any atom is -0.457 e. The van der Waals surface area contributed by atoms with Gasteiger partial charge in [0.1, 0.15) is 17.9 Å². The van der Waals surface area contributed by atoms with Crippen LogP contribution < -0.4 is 0 Å². The smallest absolute Gasteiger partial charge is 0.342 e. The maximum absolute atomic E-state index is 12.8. The van der Waals surface area contributed by atoms with Crippen LogP contribution in [-0.4, -0.2) is 15.7 Å². The number of hydrogen-bond donors (Lipinski definition) is 0. The molecule has 3 aromatic carbocycles. The number of esters is 1. The summed E-state index contributed by atoms with van der Waals surface area (Å²) in [5.74, 6) is -0.389. The van der Waals surface area contributed by atoms with Gasteiger partial charge in [-0.05, 0) is 17.7 Å². The fourth-order valence-electron chi connectivity index (χ4n) is 2.85. The van der Waals surface area contributed by atoms with Crippen LogP contribution in [0, 0.1) is 0 Å². The van der Waals surface area contributed by atoms with Crippen LogP contribution in [0.2, 0.25) is 0 Å². The van der Waals surface area contributed by atoms with Crippen molar-refractivity contribution in [1.29, 1.82) is 0 Å². The first kappa shape index (κ1) is 16.8. The predicted octanol–water partition coefficient (Wildman–Crippen LogP) is 4.90. The van der Waals surface area contributed by atoms with E-state index in [0.717, 1.165) is 16.8 Å². The lowest BCUT2D eigenvalue weighted by atomic mass is 10.1. The second-order valence-electron chi connectivity index (χ2n) is 6.10. The third kappa shape index (κ3) is 3.80. The van der Waals surface area contributed by atoms with Gasteiger partial charge in [0.15, 0.2) is 0 Å². The molecule has 0 radical (unpaired) electrons. The average molecular weight is 354 g/mol. The molecule has 0 N–H and O–H groups in total. The molecule has 0 amide bonds. The third-order valence-electron chi connectivity index (χ3n) is 4.21. The molecule has 4 aromatic rings. The van der Waals surface area contributed by atoms with Crippen molar-refractivity contribution in [1.82, 2.24) is 9.78 Å². The molecule has 0 aliphatic rings. The molecular weight excluding hydrogens is 336 g/mol. The van der Waals surface area contributed by atoms with Crippen molar-refractivity contribution < 1.29 is 9.53 Å². The lowest BCUT2D eigenvalue weighted by Crippen LogP contribution is -2.05. The SMILES string of the molecule is O=C(OCc1ccccc1)c1cn(-c2ccccc2)nc1-c1ccccc1. The van der Waals surface area contributed by atoms with Crippen LogP contribution in [-0.2, 0) is 11.3 Å². The standard InChI is InChI=1S/C23H18N2O2/c26-23(27-17-18-10-4-1-5-11-18)21-16-25(20-14-8-3-9-15-20)24-22(21)19-12-6-2-7-13-19/h1-16H,17H2. The van der Waals surface area contributed by atoms with Crippen molar-refractivity contribution in [2.75, 3.05) is 0 Å². The van der Waals surface area contributed by atoms with Gasteiger partial charge in [0, 0.05) is 11.8 Å². The van der Waals surface area contributed by atoms with Crippen molar-refractivity contribution in [2.24, 2.45) is 0 Å². The number of ether oxygens (including phenoxy) is 1. The van der Waals surface area contributed by atoms with E-state index in [1.807, 2.05) is 91.0 Å². The van der Waals surface area contributed by atoms with Crippen molar-refractivity contribution in [3.8, 4) is 16.9 Å². The van der Waals surface area contributed by atoms with Gasteiger partial charge in [0.25, 0.3) is 0 Å². The van der Waals surface area contributed by atoms with Gasteiger partial charge in [-0.3, -0.25) is 0 Å². The van der Waals surface area contributed by atoms with E-state index in [4.69, 9.17) is 4.74 Å². The number of benzene rings is 3. The number of rotatable bonds is 5. The Kier molecular flexibility index (Phi) is 4.79. The number of hydrogen-bond acceptors (Lipinski definition) is 3. The van der Waals surface area contributed by atoms with Gasteiger partial charge >= 0.3 is 5.97 Å². The quantitative estimate of drug-likeness (QED) is 0.479. The molecule has 4 heteroatoms. The Morgan fingerprint density at radius 3 is 2.07 bits per heavy atom. The lowest BCUT2D eigenvalue weighted by Gasteiger charge is -2.05. The van der Waals surface area contributed by atoms with E-state index in [0.29, 0.717) is 11.3 Å². The van der Waals surface area contributed by atoms with Gasteiger partial charge in [0.2, 0.25) is 0 Å². The predicted molar refractivity (Wildman–Crippen MR) is 105 cm³/mol. The summed E-state index contributed by atoms with van der Waals surface area (Å²) in [4.78, 5) is 12.8. The zero-order valence-corrected chi connectivity index (χ0v) is 14.7. The average Bonchev–Trinajstić information content (AvgIpc) is 3.20. The van der Waals surface area contributed by atoms with Crippen LogP contribution in [0.15, 0.2) is 97.2 Å². The summed E-state index contributed by atoms with van der Waals surface area (Å²) >= 11 is 0. The molecule has 1 aromatic heterocycles. The zero-order chi connectivity index (χ0) is 18.5. The summed E-state index contributed by atoms with van der Waals surface area (Å²) in [7, 11) is 0.